The van der Waals surface area contributed by atoms with E-state index in [9.17, 15) is 18.0 Å². The van der Waals surface area contributed by atoms with Crippen LogP contribution in [0.25, 0.3) is 10.1 Å². The number of nitrogens with zero attached hydrogens (tertiary/aromatic N) is 2. The van der Waals surface area contributed by atoms with Crippen molar-refractivity contribution in [2.45, 2.75) is 25.1 Å². The second kappa shape index (κ2) is 5.70. The number of hydrogen-bond acceptors (Lipinski definition) is 4. The van der Waals surface area contributed by atoms with Crippen LogP contribution in [0.3, 0.4) is 0 Å². The normalized spacial score (nSPS) is 26.7. The van der Waals surface area contributed by atoms with Gasteiger partial charge in [0.15, 0.2) is 0 Å². The SMILES string of the molecule is O=C(NC1CC2CCN(C2)C1)c1cc2c(C(F)(F)F)csc2cn1. The van der Waals surface area contributed by atoms with Gasteiger partial charge in [-0.3, -0.25) is 4.79 Å². The first-order valence-corrected chi connectivity index (χ1v) is 8.76. The number of carbonyl (C=O) groups is 1. The molecule has 3 unspecified atom stereocenters. The summed E-state index contributed by atoms with van der Waals surface area (Å²) in [5.74, 6) is 0.205. The van der Waals surface area contributed by atoms with E-state index >= 15 is 0 Å². The first kappa shape index (κ1) is 15.8. The number of thiophene rings is 1. The van der Waals surface area contributed by atoms with Crippen LogP contribution in [0.5, 0.6) is 0 Å². The van der Waals surface area contributed by atoms with Crippen molar-refractivity contribution in [1.82, 2.24) is 15.2 Å². The molecule has 1 amide bonds. The second-order valence-corrected chi connectivity index (χ2v) is 7.44. The molecule has 4 heterocycles. The van der Waals surface area contributed by atoms with Crippen molar-refractivity contribution in [2.24, 2.45) is 5.92 Å². The molecule has 3 atom stereocenters. The second-order valence-electron chi connectivity index (χ2n) is 6.53. The number of carbonyl (C=O) groups excluding carboxylic acids is 1. The summed E-state index contributed by atoms with van der Waals surface area (Å²) in [6.07, 6.45) is -1.00. The Morgan fingerprint density at radius 1 is 1.38 bits per heavy atom. The standard InChI is InChI=1S/C16H16F3N3OS/c17-16(18,19)12-8-24-14-5-20-13(4-11(12)14)15(23)21-10-3-9-1-2-22(6-9)7-10/h4-5,8-10H,1-3,6-7H2,(H,21,23). The van der Waals surface area contributed by atoms with Crippen molar-refractivity contribution in [3.8, 4) is 0 Å². The molecule has 0 aliphatic carbocycles. The highest BCUT2D eigenvalue weighted by Gasteiger charge is 2.35. The number of rotatable bonds is 2. The van der Waals surface area contributed by atoms with Gasteiger partial charge in [-0.25, -0.2) is 4.98 Å². The Morgan fingerprint density at radius 2 is 2.21 bits per heavy atom. The molecule has 2 fully saturated rings. The van der Waals surface area contributed by atoms with Gasteiger partial charge in [0, 0.05) is 36.1 Å². The molecule has 128 valence electrons. The quantitative estimate of drug-likeness (QED) is 0.900. The number of fused-ring (bicyclic) bond motifs is 3. The van der Waals surface area contributed by atoms with Gasteiger partial charge in [0.05, 0.1) is 10.3 Å². The summed E-state index contributed by atoms with van der Waals surface area (Å²) >= 11 is 0.985. The van der Waals surface area contributed by atoms with Gasteiger partial charge in [-0.15, -0.1) is 11.3 Å². The molecule has 2 aromatic rings. The lowest BCUT2D eigenvalue weighted by molar-refractivity contribution is -0.136. The van der Waals surface area contributed by atoms with Crippen LogP contribution in [0, 0.1) is 5.92 Å². The molecular formula is C16H16F3N3OS. The molecule has 0 aromatic carbocycles. The third kappa shape index (κ3) is 2.88. The van der Waals surface area contributed by atoms with Crippen LogP contribution in [0.4, 0.5) is 13.2 Å². The molecule has 2 aromatic heterocycles. The van der Waals surface area contributed by atoms with E-state index in [2.05, 4.69) is 15.2 Å². The number of amides is 1. The fourth-order valence-corrected chi connectivity index (χ4v) is 4.62. The van der Waals surface area contributed by atoms with E-state index in [-0.39, 0.29) is 17.1 Å². The molecule has 1 N–H and O–H groups in total. The van der Waals surface area contributed by atoms with Gasteiger partial charge in [-0.1, -0.05) is 0 Å². The van der Waals surface area contributed by atoms with Crippen LogP contribution < -0.4 is 5.32 Å². The van der Waals surface area contributed by atoms with Crippen LogP contribution in [-0.2, 0) is 6.18 Å². The molecule has 24 heavy (non-hydrogen) atoms. The molecule has 0 saturated carbocycles. The smallest absolute Gasteiger partial charge is 0.347 e. The number of aromatic nitrogens is 1. The first-order chi connectivity index (χ1) is 11.4. The predicted molar refractivity (Wildman–Crippen MR) is 85.0 cm³/mol. The maximum Gasteiger partial charge on any atom is 0.417 e. The lowest BCUT2D eigenvalue weighted by Crippen LogP contribution is -2.47. The van der Waals surface area contributed by atoms with Crippen molar-refractivity contribution in [2.75, 3.05) is 19.6 Å². The monoisotopic (exact) mass is 355 g/mol. The minimum atomic E-state index is -4.43. The molecule has 4 nitrogen and oxygen atoms in total. The van der Waals surface area contributed by atoms with Crippen LogP contribution >= 0.6 is 11.3 Å². The van der Waals surface area contributed by atoms with E-state index in [1.807, 2.05) is 0 Å². The zero-order valence-electron chi connectivity index (χ0n) is 12.8. The summed E-state index contributed by atoms with van der Waals surface area (Å²) in [6, 6.07) is 1.29. The Bertz CT molecular complexity index is 776. The van der Waals surface area contributed by atoms with Crippen molar-refractivity contribution >= 4 is 27.3 Å². The Labute approximate surface area is 140 Å². The highest BCUT2D eigenvalue weighted by atomic mass is 32.1. The van der Waals surface area contributed by atoms with E-state index in [0.717, 1.165) is 49.2 Å². The minimum absolute atomic E-state index is 0.0410. The summed E-state index contributed by atoms with van der Waals surface area (Å²) < 4.78 is 39.5. The number of piperidine rings is 1. The van der Waals surface area contributed by atoms with Crippen LogP contribution in [0.2, 0.25) is 0 Å². The molecular weight excluding hydrogens is 339 g/mol. The van der Waals surface area contributed by atoms with Crippen LogP contribution in [0.1, 0.15) is 28.9 Å². The van der Waals surface area contributed by atoms with E-state index < -0.39 is 17.6 Å². The zero-order valence-corrected chi connectivity index (χ0v) is 13.6. The molecule has 4 rings (SSSR count). The molecule has 0 spiro atoms. The lowest BCUT2D eigenvalue weighted by Gasteiger charge is -2.30. The van der Waals surface area contributed by atoms with E-state index in [4.69, 9.17) is 0 Å². The van der Waals surface area contributed by atoms with Crippen molar-refractivity contribution in [1.29, 1.82) is 0 Å². The van der Waals surface area contributed by atoms with Gasteiger partial charge in [0.1, 0.15) is 5.69 Å². The van der Waals surface area contributed by atoms with Gasteiger partial charge in [0.2, 0.25) is 0 Å². The van der Waals surface area contributed by atoms with Crippen molar-refractivity contribution in [3.05, 3.63) is 28.9 Å². The Balaban J connectivity index is 1.56. The lowest BCUT2D eigenvalue weighted by atomic mass is 9.97. The number of alkyl halides is 3. The van der Waals surface area contributed by atoms with Gasteiger partial charge >= 0.3 is 6.18 Å². The van der Waals surface area contributed by atoms with Crippen LogP contribution in [0.15, 0.2) is 17.6 Å². The number of pyridine rings is 1. The molecule has 2 aliphatic heterocycles. The topological polar surface area (TPSA) is 45.2 Å². The molecule has 2 aliphatic rings. The minimum Gasteiger partial charge on any atom is -0.347 e. The van der Waals surface area contributed by atoms with Crippen molar-refractivity contribution in [3.63, 3.8) is 0 Å². The molecule has 2 bridgehead atoms. The summed E-state index contributed by atoms with van der Waals surface area (Å²) in [6.45, 7) is 2.95. The highest BCUT2D eigenvalue weighted by Crippen LogP contribution is 2.38. The first-order valence-electron chi connectivity index (χ1n) is 7.88. The third-order valence-electron chi connectivity index (χ3n) is 4.80. The predicted octanol–water partition coefficient (Wildman–Crippen LogP) is 3.14. The molecule has 0 radical (unpaired) electrons. The summed E-state index contributed by atoms with van der Waals surface area (Å²) in [5, 5.41) is 4.04. The van der Waals surface area contributed by atoms with E-state index in [0.29, 0.717) is 10.6 Å². The Morgan fingerprint density at radius 3 is 2.96 bits per heavy atom. The zero-order chi connectivity index (χ0) is 16.9. The Hall–Kier alpha value is -1.67. The largest absolute Gasteiger partial charge is 0.417 e. The van der Waals surface area contributed by atoms with Gasteiger partial charge in [-0.05, 0) is 31.4 Å². The van der Waals surface area contributed by atoms with E-state index in [1.54, 1.807) is 0 Å². The van der Waals surface area contributed by atoms with Crippen LogP contribution in [-0.4, -0.2) is 41.5 Å². The molecule has 2 saturated heterocycles. The maximum atomic E-state index is 13.0. The van der Waals surface area contributed by atoms with Gasteiger partial charge in [-0.2, -0.15) is 13.2 Å². The highest BCUT2D eigenvalue weighted by molar-refractivity contribution is 7.17. The summed E-state index contributed by atoms with van der Waals surface area (Å²) in [4.78, 5) is 18.8. The van der Waals surface area contributed by atoms with Gasteiger partial charge < -0.3 is 10.2 Å². The van der Waals surface area contributed by atoms with Crippen molar-refractivity contribution < 1.29 is 18.0 Å². The summed E-state index contributed by atoms with van der Waals surface area (Å²) in [5.41, 5.74) is -0.667. The number of halogens is 3. The fraction of sp³-hybridized carbons (Fsp3) is 0.500. The Kier molecular flexibility index (Phi) is 3.76. The average molecular weight is 355 g/mol. The van der Waals surface area contributed by atoms with Gasteiger partial charge in [0.25, 0.3) is 5.91 Å². The summed E-state index contributed by atoms with van der Waals surface area (Å²) in [7, 11) is 0. The number of hydrogen-bond donors (Lipinski definition) is 1. The maximum absolute atomic E-state index is 13.0. The fourth-order valence-electron chi connectivity index (χ4n) is 3.70. The molecule has 8 heteroatoms. The van der Waals surface area contributed by atoms with E-state index in [1.165, 1.54) is 12.3 Å². The average Bonchev–Trinajstić information content (AvgIpc) is 3.09. The number of nitrogens with one attached hydrogen (secondary N) is 1. The third-order valence-corrected chi connectivity index (χ3v) is 5.73.